The number of rotatable bonds is 4. The Labute approximate surface area is 171 Å². The first-order valence-corrected chi connectivity index (χ1v) is 9.11. The van der Waals surface area contributed by atoms with Gasteiger partial charge in [0.15, 0.2) is 0 Å². The molecule has 2 aromatic carbocycles. The Bertz CT molecular complexity index is 1280. The standard InChI is InChI=1S/C22H17N5O3/c28-20(18-14-23-19-11-4-5-12-27(19)21(18)29)24-16-9-6-10-17(13-16)26-22(30)25-15-7-2-1-3-8-15/h1-14H,(H,24,28)(H2,25,26,30). The SMILES string of the molecule is O=C(Nc1ccccc1)Nc1cccc(NC(=O)c2cnc3ccccn3c2=O)c1. The Kier molecular flexibility index (Phi) is 5.21. The topological polar surface area (TPSA) is 105 Å². The fourth-order valence-electron chi connectivity index (χ4n) is 2.87. The van der Waals surface area contributed by atoms with Gasteiger partial charge < -0.3 is 16.0 Å². The highest BCUT2D eigenvalue weighted by atomic mass is 16.2. The van der Waals surface area contributed by atoms with E-state index >= 15 is 0 Å². The highest BCUT2D eigenvalue weighted by Crippen LogP contribution is 2.16. The van der Waals surface area contributed by atoms with E-state index in [4.69, 9.17) is 0 Å². The van der Waals surface area contributed by atoms with E-state index in [1.54, 1.807) is 60.8 Å². The number of nitrogens with one attached hydrogen (secondary N) is 3. The van der Waals surface area contributed by atoms with Crippen LogP contribution in [-0.4, -0.2) is 21.3 Å². The molecule has 0 unspecified atom stereocenters. The molecule has 4 aromatic rings. The number of nitrogens with zero attached hydrogens (tertiary/aromatic N) is 2. The van der Waals surface area contributed by atoms with Crippen LogP contribution >= 0.6 is 0 Å². The number of benzene rings is 2. The lowest BCUT2D eigenvalue weighted by Crippen LogP contribution is -2.26. The Balaban J connectivity index is 1.48. The maximum absolute atomic E-state index is 12.6. The number of hydrogen-bond acceptors (Lipinski definition) is 4. The Morgan fingerprint density at radius 1 is 0.767 bits per heavy atom. The van der Waals surface area contributed by atoms with Crippen LogP contribution in [0.4, 0.5) is 21.9 Å². The molecular weight excluding hydrogens is 382 g/mol. The molecule has 0 aliphatic rings. The summed E-state index contributed by atoms with van der Waals surface area (Å²) < 4.78 is 1.31. The van der Waals surface area contributed by atoms with Crippen molar-refractivity contribution >= 4 is 34.6 Å². The van der Waals surface area contributed by atoms with Gasteiger partial charge in [-0.2, -0.15) is 0 Å². The summed E-state index contributed by atoms with van der Waals surface area (Å²) in [7, 11) is 0. The molecule has 8 nitrogen and oxygen atoms in total. The molecule has 2 aromatic heterocycles. The van der Waals surface area contributed by atoms with Crippen LogP contribution in [-0.2, 0) is 0 Å². The van der Waals surface area contributed by atoms with Crippen LogP contribution in [0.1, 0.15) is 10.4 Å². The average Bonchev–Trinajstić information content (AvgIpc) is 2.75. The number of fused-ring (bicyclic) bond motifs is 1. The first-order valence-electron chi connectivity index (χ1n) is 9.11. The smallest absolute Gasteiger partial charge is 0.322 e. The van der Waals surface area contributed by atoms with E-state index in [-0.39, 0.29) is 5.56 Å². The quantitative estimate of drug-likeness (QED) is 0.488. The molecule has 0 saturated carbocycles. The number of carbonyl (C=O) groups is 2. The second kappa shape index (κ2) is 8.27. The maximum atomic E-state index is 12.6. The summed E-state index contributed by atoms with van der Waals surface area (Å²) in [6.45, 7) is 0. The molecule has 0 saturated heterocycles. The van der Waals surface area contributed by atoms with Crippen molar-refractivity contribution < 1.29 is 9.59 Å². The van der Waals surface area contributed by atoms with Gasteiger partial charge in [-0.1, -0.05) is 30.3 Å². The number of urea groups is 1. The van der Waals surface area contributed by atoms with Crippen LogP contribution in [0.5, 0.6) is 0 Å². The van der Waals surface area contributed by atoms with Gasteiger partial charge in [0.1, 0.15) is 11.2 Å². The lowest BCUT2D eigenvalue weighted by Gasteiger charge is -2.10. The third kappa shape index (κ3) is 4.17. The predicted molar refractivity (Wildman–Crippen MR) is 115 cm³/mol. The van der Waals surface area contributed by atoms with Crippen molar-refractivity contribution in [3.63, 3.8) is 0 Å². The van der Waals surface area contributed by atoms with Crippen LogP contribution in [0.25, 0.3) is 5.65 Å². The summed E-state index contributed by atoms with van der Waals surface area (Å²) in [6.07, 6.45) is 2.81. The summed E-state index contributed by atoms with van der Waals surface area (Å²) in [5.41, 5.74) is 1.47. The van der Waals surface area contributed by atoms with Crippen molar-refractivity contribution in [2.45, 2.75) is 0 Å². The molecular formula is C22H17N5O3. The van der Waals surface area contributed by atoms with E-state index in [0.717, 1.165) is 0 Å². The summed E-state index contributed by atoms with van der Waals surface area (Å²) in [5, 5.41) is 8.07. The van der Waals surface area contributed by atoms with Gasteiger partial charge in [-0.3, -0.25) is 14.0 Å². The Morgan fingerprint density at radius 3 is 2.23 bits per heavy atom. The maximum Gasteiger partial charge on any atom is 0.323 e. The molecule has 0 spiro atoms. The van der Waals surface area contributed by atoms with E-state index < -0.39 is 17.5 Å². The highest BCUT2D eigenvalue weighted by molar-refractivity contribution is 6.05. The lowest BCUT2D eigenvalue weighted by atomic mass is 10.2. The fraction of sp³-hybridized carbons (Fsp3) is 0. The molecule has 3 amide bonds. The van der Waals surface area contributed by atoms with Gasteiger partial charge in [0.25, 0.3) is 11.5 Å². The van der Waals surface area contributed by atoms with Crippen molar-refractivity contribution in [3.8, 4) is 0 Å². The molecule has 0 aliphatic carbocycles. The Morgan fingerprint density at radius 2 is 1.43 bits per heavy atom. The molecule has 148 valence electrons. The largest absolute Gasteiger partial charge is 0.323 e. The predicted octanol–water partition coefficient (Wildman–Crippen LogP) is 3.59. The molecule has 0 bridgehead atoms. The van der Waals surface area contributed by atoms with Crippen molar-refractivity contribution in [1.29, 1.82) is 0 Å². The third-order valence-electron chi connectivity index (χ3n) is 4.27. The van der Waals surface area contributed by atoms with E-state index in [1.807, 2.05) is 18.2 Å². The number of hydrogen-bond donors (Lipinski definition) is 3. The lowest BCUT2D eigenvalue weighted by molar-refractivity contribution is 0.102. The number of anilines is 3. The molecule has 2 heterocycles. The normalized spacial score (nSPS) is 10.4. The van der Waals surface area contributed by atoms with Gasteiger partial charge in [0, 0.05) is 29.5 Å². The number of para-hydroxylation sites is 1. The van der Waals surface area contributed by atoms with Crippen molar-refractivity contribution in [1.82, 2.24) is 9.38 Å². The molecule has 0 atom stereocenters. The van der Waals surface area contributed by atoms with Crippen molar-refractivity contribution in [2.75, 3.05) is 16.0 Å². The first kappa shape index (κ1) is 18.9. The van der Waals surface area contributed by atoms with Crippen molar-refractivity contribution in [3.05, 3.63) is 101 Å². The molecule has 3 N–H and O–H groups in total. The highest BCUT2D eigenvalue weighted by Gasteiger charge is 2.14. The van der Waals surface area contributed by atoms with E-state index in [1.165, 1.54) is 10.6 Å². The number of pyridine rings is 1. The van der Waals surface area contributed by atoms with Crippen LogP contribution in [0.3, 0.4) is 0 Å². The van der Waals surface area contributed by atoms with E-state index in [0.29, 0.717) is 22.7 Å². The monoisotopic (exact) mass is 399 g/mol. The average molecular weight is 399 g/mol. The number of amides is 3. The number of carbonyl (C=O) groups excluding carboxylic acids is 2. The first-order chi connectivity index (χ1) is 14.6. The molecule has 0 aliphatic heterocycles. The van der Waals surface area contributed by atoms with Gasteiger partial charge in [0.2, 0.25) is 0 Å². The van der Waals surface area contributed by atoms with E-state index in [9.17, 15) is 14.4 Å². The zero-order chi connectivity index (χ0) is 20.9. The van der Waals surface area contributed by atoms with Crippen LogP contribution in [0.2, 0.25) is 0 Å². The summed E-state index contributed by atoms with van der Waals surface area (Å²) in [6, 6.07) is 20.4. The van der Waals surface area contributed by atoms with E-state index in [2.05, 4.69) is 20.9 Å². The molecule has 30 heavy (non-hydrogen) atoms. The van der Waals surface area contributed by atoms with Crippen LogP contribution in [0, 0.1) is 0 Å². The second-order valence-corrected chi connectivity index (χ2v) is 6.39. The molecule has 4 rings (SSSR count). The van der Waals surface area contributed by atoms with Crippen LogP contribution in [0.15, 0.2) is 90.0 Å². The van der Waals surface area contributed by atoms with Gasteiger partial charge >= 0.3 is 6.03 Å². The zero-order valence-electron chi connectivity index (χ0n) is 15.7. The Hall–Kier alpha value is -4.46. The number of aromatic nitrogens is 2. The summed E-state index contributed by atoms with van der Waals surface area (Å²) in [5.74, 6) is -0.586. The second-order valence-electron chi connectivity index (χ2n) is 6.39. The van der Waals surface area contributed by atoms with Gasteiger partial charge in [-0.05, 0) is 42.5 Å². The zero-order valence-corrected chi connectivity index (χ0v) is 15.7. The summed E-state index contributed by atoms with van der Waals surface area (Å²) in [4.78, 5) is 41.4. The van der Waals surface area contributed by atoms with Gasteiger partial charge in [-0.25, -0.2) is 9.78 Å². The van der Waals surface area contributed by atoms with Crippen LogP contribution < -0.4 is 21.5 Å². The minimum atomic E-state index is -0.586. The van der Waals surface area contributed by atoms with Gasteiger partial charge in [-0.15, -0.1) is 0 Å². The minimum absolute atomic E-state index is 0.0844. The minimum Gasteiger partial charge on any atom is -0.322 e. The fourth-order valence-corrected chi connectivity index (χ4v) is 2.87. The molecule has 0 fully saturated rings. The molecule has 0 radical (unpaired) electrons. The third-order valence-corrected chi connectivity index (χ3v) is 4.27. The van der Waals surface area contributed by atoms with Crippen molar-refractivity contribution in [2.24, 2.45) is 0 Å². The van der Waals surface area contributed by atoms with Gasteiger partial charge in [0.05, 0.1) is 0 Å². The summed E-state index contributed by atoms with van der Waals surface area (Å²) >= 11 is 0. The molecule has 8 heteroatoms.